The maximum Gasteiger partial charge on any atom is 0.305 e. The molecule has 0 unspecified atom stereocenters. The van der Waals surface area contributed by atoms with Crippen LogP contribution < -0.4 is 4.74 Å². The molecule has 0 spiro atoms. The van der Waals surface area contributed by atoms with Gasteiger partial charge in [0.1, 0.15) is 5.75 Å². The predicted octanol–water partition coefficient (Wildman–Crippen LogP) is 4.53. The Bertz CT molecular complexity index is 384. The molecule has 0 radical (unpaired) electrons. The highest BCUT2D eigenvalue weighted by molar-refractivity contribution is 5.69. The van der Waals surface area contributed by atoms with E-state index in [2.05, 4.69) is 19.1 Å². The van der Waals surface area contributed by atoms with Crippen molar-refractivity contribution in [2.45, 2.75) is 58.8 Å². The molecule has 1 rings (SSSR count). The molecule has 0 saturated carbocycles. The van der Waals surface area contributed by atoms with E-state index in [-0.39, 0.29) is 5.97 Å². The first kappa shape index (κ1) is 17.5. The summed E-state index contributed by atoms with van der Waals surface area (Å²) in [6.07, 6.45) is 6.91. The lowest BCUT2D eigenvalue weighted by Gasteiger charge is -2.07. The van der Waals surface area contributed by atoms with Gasteiger partial charge in [-0.05, 0) is 43.9 Å². The van der Waals surface area contributed by atoms with E-state index >= 15 is 0 Å². The van der Waals surface area contributed by atoms with Crippen molar-refractivity contribution in [3.8, 4) is 5.75 Å². The zero-order valence-corrected chi connectivity index (χ0v) is 13.4. The molecule has 3 nitrogen and oxygen atoms in total. The van der Waals surface area contributed by atoms with Gasteiger partial charge in [0.15, 0.2) is 0 Å². The second kappa shape index (κ2) is 11.2. The molecule has 118 valence electrons. The normalized spacial score (nSPS) is 10.4. The Morgan fingerprint density at radius 3 is 2.38 bits per heavy atom. The van der Waals surface area contributed by atoms with Gasteiger partial charge in [-0.3, -0.25) is 4.79 Å². The Kier molecular flexibility index (Phi) is 9.34. The van der Waals surface area contributed by atoms with Gasteiger partial charge < -0.3 is 9.47 Å². The number of hydrogen-bond donors (Lipinski definition) is 0. The van der Waals surface area contributed by atoms with Crippen LogP contribution in [0.15, 0.2) is 24.3 Å². The van der Waals surface area contributed by atoms with Crippen molar-refractivity contribution in [1.82, 2.24) is 0 Å². The number of unbranched alkanes of at least 4 members (excludes halogenated alkanes) is 3. The number of carbonyl (C=O) groups is 1. The second-order valence-electron chi connectivity index (χ2n) is 5.21. The van der Waals surface area contributed by atoms with Crippen LogP contribution in [0.5, 0.6) is 5.75 Å². The Labute approximate surface area is 128 Å². The minimum Gasteiger partial charge on any atom is -0.494 e. The minimum atomic E-state index is -0.0825. The molecule has 0 atom stereocenters. The highest BCUT2D eigenvalue weighted by Crippen LogP contribution is 2.14. The van der Waals surface area contributed by atoms with Gasteiger partial charge in [-0.2, -0.15) is 0 Å². The molecule has 0 bridgehead atoms. The van der Waals surface area contributed by atoms with Crippen LogP contribution in [0.2, 0.25) is 0 Å². The average molecular weight is 292 g/mol. The van der Waals surface area contributed by atoms with E-state index in [1.165, 1.54) is 12.0 Å². The molecule has 21 heavy (non-hydrogen) atoms. The van der Waals surface area contributed by atoms with E-state index in [9.17, 15) is 4.79 Å². The van der Waals surface area contributed by atoms with Gasteiger partial charge in [-0.1, -0.05) is 38.3 Å². The number of benzene rings is 1. The van der Waals surface area contributed by atoms with Crippen LogP contribution in [0.25, 0.3) is 0 Å². The van der Waals surface area contributed by atoms with Gasteiger partial charge in [-0.25, -0.2) is 0 Å². The average Bonchev–Trinajstić information content (AvgIpc) is 2.48. The largest absolute Gasteiger partial charge is 0.494 e. The number of carbonyl (C=O) groups excluding carboxylic acids is 1. The monoisotopic (exact) mass is 292 g/mol. The van der Waals surface area contributed by atoms with Gasteiger partial charge in [0.25, 0.3) is 0 Å². The van der Waals surface area contributed by atoms with Crippen molar-refractivity contribution >= 4 is 5.97 Å². The van der Waals surface area contributed by atoms with Crippen molar-refractivity contribution in [1.29, 1.82) is 0 Å². The second-order valence-corrected chi connectivity index (χ2v) is 5.21. The van der Waals surface area contributed by atoms with Crippen molar-refractivity contribution in [3.05, 3.63) is 29.8 Å². The lowest BCUT2D eigenvalue weighted by atomic mass is 10.1. The van der Waals surface area contributed by atoms with E-state index in [1.807, 2.05) is 19.1 Å². The molecule has 1 aromatic rings. The highest BCUT2D eigenvalue weighted by atomic mass is 16.5. The molecule has 0 aliphatic heterocycles. The van der Waals surface area contributed by atoms with Crippen molar-refractivity contribution < 1.29 is 14.3 Å². The molecule has 0 aromatic heterocycles. The summed E-state index contributed by atoms with van der Waals surface area (Å²) >= 11 is 0. The predicted molar refractivity (Wildman–Crippen MR) is 85.7 cm³/mol. The molecule has 0 amide bonds. The van der Waals surface area contributed by atoms with Gasteiger partial charge in [0.05, 0.1) is 13.2 Å². The summed E-state index contributed by atoms with van der Waals surface area (Å²) in [5.41, 5.74) is 1.36. The number of aryl methyl sites for hydroxylation is 1. The van der Waals surface area contributed by atoms with Crippen molar-refractivity contribution in [2.24, 2.45) is 0 Å². The van der Waals surface area contributed by atoms with Crippen LogP contribution in [0.3, 0.4) is 0 Å². The third kappa shape index (κ3) is 8.38. The summed E-state index contributed by atoms with van der Waals surface area (Å²) in [6, 6.07) is 8.37. The Morgan fingerprint density at radius 2 is 1.71 bits per heavy atom. The smallest absolute Gasteiger partial charge is 0.305 e. The molecular formula is C18H28O3. The standard InChI is InChI=1S/C18H28O3/c1-3-9-16-11-13-17(14-12-16)21-15-8-6-5-7-10-18(19)20-4-2/h11-14H,3-10,15H2,1-2H3. The number of rotatable bonds is 11. The van der Waals surface area contributed by atoms with Crippen LogP contribution >= 0.6 is 0 Å². The molecule has 1 aromatic carbocycles. The first-order chi connectivity index (χ1) is 10.3. The van der Waals surface area contributed by atoms with Crippen LogP contribution in [-0.2, 0) is 16.0 Å². The van der Waals surface area contributed by atoms with Crippen LogP contribution in [0.1, 0.15) is 57.9 Å². The van der Waals surface area contributed by atoms with Gasteiger partial charge in [0.2, 0.25) is 0 Å². The lowest BCUT2D eigenvalue weighted by molar-refractivity contribution is -0.143. The zero-order valence-electron chi connectivity index (χ0n) is 13.4. The van der Waals surface area contributed by atoms with E-state index < -0.39 is 0 Å². The Hall–Kier alpha value is -1.51. The van der Waals surface area contributed by atoms with E-state index in [1.54, 1.807) is 0 Å². The Morgan fingerprint density at radius 1 is 1.00 bits per heavy atom. The highest BCUT2D eigenvalue weighted by Gasteiger charge is 2.01. The molecule has 0 heterocycles. The Balaban J connectivity index is 2.02. The van der Waals surface area contributed by atoms with Gasteiger partial charge >= 0.3 is 5.97 Å². The maximum absolute atomic E-state index is 11.1. The fourth-order valence-electron chi connectivity index (χ4n) is 2.19. The molecule has 0 aliphatic rings. The van der Waals surface area contributed by atoms with E-state index in [0.29, 0.717) is 13.0 Å². The molecule has 3 heteroatoms. The summed E-state index contributed by atoms with van der Waals surface area (Å²) in [6.45, 7) is 5.24. The fraction of sp³-hybridized carbons (Fsp3) is 0.611. The third-order valence-electron chi connectivity index (χ3n) is 3.31. The minimum absolute atomic E-state index is 0.0825. The first-order valence-corrected chi connectivity index (χ1v) is 8.13. The van der Waals surface area contributed by atoms with Crippen molar-refractivity contribution in [2.75, 3.05) is 13.2 Å². The summed E-state index contributed by atoms with van der Waals surface area (Å²) in [4.78, 5) is 11.1. The molecular weight excluding hydrogens is 264 g/mol. The molecule has 0 fully saturated rings. The van der Waals surface area contributed by atoms with Crippen LogP contribution in [-0.4, -0.2) is 19.2 Å². The zero-order chi connectivity index (χ0) is 15.3. The number of hydrogen-bond acceptors (Lipinski definition) is 3. The molecule has 0 N–H and O–H groups in total. The van der Waals surface area contributed by atoms with Crippen LogP contribution in [0, 0.1) is 0 Å². The van der Waals surface area contributed by atoms with Crippen LogP contribution in [0.4, 0.5) is 0 Å². The van der Waals surface area contributed by atoms with E-state index in [0.717, 1.165) is 44.5 Å². The molecule has 0 saturated heterocycles. The topological polar surface area (TPSA) is 35.5 Å². The molecule has 0 aliphatic carbocycles. The van der Waals surface area contributed by atoms with Gasteiger partial charge in [0, 0.05) is 6.42 Å². The summed E-state index contributed by atoms with van der Waals surface area (Å²) < 4.78 is 10.6. The number of esters is 1. The maximum atomic E-state index is 11.1. The van der Waals surface area contributed by atoms with Gasteiger partial charge in [-0.15, -0.1) is 0 Å². The third-order valence-corrected chi connectivity index (χ3v) is 3.31. The van der Waals surface area contributed by atoms with E-state index in [4.69, 9.17) is 9.47 Å². The summed E-state index contributed by atoms with van der Waals surface area (Å²) in [7, 11) is 0. The number of ether oxygens (including phenoxy) is 2. The first-order valence-electron chi connectivity index (χ1n) is 8.13. The van der Waals surface area contributed by atoms with Crippen molar-refractivity contribution in [3.63, 3.8) is 0 Å². The quantitative estimate of drug-likeness (QED) is 0.444. The summed E-state index contributed by atoms with van der Waals surface area (Å²) in [5, 5.41) is 0. The fourth-order valence-corrected chi connectivity index (χ4v) is 2.19. The lowest BCUT2D eigenvalue weighted by Crippen LogP contribution is -2.03. The SMILES string of the molecule is CCCc1ccc(OCCCCCCC(=O)OCC)cc1. The summed E-state index contributed by atoms with van der Waals surface area (Å²) in [5.74, 6) is 0.863.